The molecule has 0 saturated heterocycles. The average molecular weight is 554 g/mol. The molecule has 1 atom stereocenters. The summed E-state index contributed by atoms with van der Waals surface area (Å²) in [4.78, 5) is 2.28. The fraction of sp³-hybridized carbons (Fsp3) is 0.220. The zero-order valence-electron chi connectivity index (χ0n) is 26.6. The van der Waals surface area contributed by atoms with Gasteiger partial charge in [-0.2, -0.15) is 0 Å². The van der Waals surface area contributed by atoms with Crippen LogP contribution in [0.3, 0.4) is 0 Å². The summed E-state index contributed by atoms with van der Waals surface area (Å²) in [5.74, 6) is 0.414. The fourth-order valence-corrected chi connectivity index (χ4v) is 5.45. The number of anilines is 1. The maximum absolute atomic E-state index is 4.16. The minimum absolute atomic E-state index is 0.414. The second kappa shape index (κ2) is 15.6. The Morgan fingerprint density at radius 3 is 2.29 bits per heavy atom. The van der Waals surface area contributed by atoms with Gasteiger partial charge in [-0.3, -0.25) is 0 Å². The van der Waals surface area contributed by atoms with Crippen molar-refractivity contribution in [1.82, 2.24) is 0 Å². The van der Waals surface area contributed by atoms with E-state index < -0.39 is 0 Å². The van der Waals surface area contributed by atoms with Crippen molar-refractivity contribution in [2.75, 3.05) is 11.9 Å². The number of nitrogens with zero attached hydrogens (tertiary/aromatic N) is 1. The summed E-state index contributed by atoms with van der Waals surface area (Å²) >= 11 is 0. The summed E-state index contributed by atoms with van der Waals surface area (Å²) < 4.78 is 0. The van der Waals surface area contributed by atoms with Crippen LogP contribution < -0.4 is 4.90 Å². The third-order valence-corrected chi connectivity index (χ3v) is 7.85. The Labute approximate surface area is 254 Å². The van der Waals surface area contributed by atoms with E-state index in [0.717, 1.165) is 12.1 Å². The van der Waals surface area contributed by atoms with Crippen LogP contribution in [0.1, 0.15) is 67.9 Å². The fourth-order valence-electron chi connectivity index (χ4n) is 5.45. The molecule has 4 aromatic rings. The molecular weight excluding hydrogens is 506 g/mol. The molecule has 0 spiro atoms. The zero-order valence-corrected chi connectivity index (χ0v) is 26.6. The van der Waals surface area contributed by atoms with Crippen LogP contribution in [0.15, 0.2) is 122 Å². The van der Waals surface area contributed by atoms with E-state index in [1.54, 1.807) is 0 Å². The van der Waals surface area contributed by atoms with Gasteiger partial charge in [0.1, 0.15) is 0 Å². The number of benzene rings is 4. The van der Waals surface area contributed by atoms with Crippen LogP contribution in [0.25, 0.3) is 34.1 Å². The maximum Gasteiger partial charge on any atom is 0.0449 e. The van der Waals surface area contributed by atoms with Crippen LogP contribution in [0.4, 0.5) is 5.69 Å². The number of likely N-dealkylation sites (N-methyl/N-ethyl adjacent to an activating group) is 1. The average Bonchev–Trinajstić information content (AvgIpc) is 3.01. The lowest BCUT2D eigenvalue weighted by Gasteiger charge is -2.29. The molecule has 0 saturated carbocycles. The van der Waals surface area contributed by atoms with Gasteiger partial charge in [-0.1, -0.05) is 136 Å². The molecular formula is C41H47N. The van der Waals surface area contributed by atoms with Crippen LogP contribution >= 0.6 is 0 Å². The van der Waals surface area contributed by atoms with Crippen LogP contribution in [0.5, 0.6) is 0 Å². The first-order chi connectivity index (χ1) is 20.3. The van der Waals surface area contributed by atoms with E-state index in [-0.39, 0.29) is 0 Å². The summed E-state index contributed by atoms with van der Waals surface area (Å²) in [5, 5.41) is 2.64. The Morgan fingerprint density at radius 1 is 0.905 bits per heavy atom. The molecule has 1 heteroatoms. The summed E-state index contributed by atoms with van der Waals surface area (Å²) in [7, 11) is 2.14. The normalized spacial score (nSPS) is 12.3. The van der Waals surface area contributed by atoms with Gasteiger partial charge < -0.3 is 4.90 Å². The Bertz CT molecular complexity index is 1610. The Morgan fingerprint density at radius 2 is 1.64 bits per heavy atom. The third-order valence-electron chi connectivity index (χ3n) is 7.85. The highest BCUT2D eigenvalue weighted by molar-refractivity contribution is 5.87. The van der Waals surface area contributed by atoms with E-state index in [1.807, 2.05) is 18.2 Å². The highest BCUT2D eigenvalue weighted by Gasteiger charge is 2.21. The molecule has 42 heavy (non-hydrogen) atoms. The van der Waals surface area contributed by atoms with E-state index in [0.29, 0.717) is 5.92 Å². The van der Waals surface area contributed by atoms with Crippen molar-refractivity contribution in [3.05, 3.63) is 150 Å². The molecule has 0 bridgehead atoms. The van der Waals surface area contributed by atoms with Crippen LogP contribution in [0, 0.1) is 13.8 Å². The second-order valence-corrected chi connectivity index (χ2v) is 10.7. The first-order valence-corrected chi connectivity index (χ1v) is 15.0. The van der Waals surface area contributed by atoms with Crippen LogP contribution in [0.2, 0.25) is 0 Å². The minimum Gasteiger partial charge on any atom is -0.345 e. The van der Waals surface area contributed by atoms with Crippen LogP contribution in [-0.2, 0) is 0 Å². The van der Waals surface area contributed by atoms with E-state index in [1.165, 1.54) is 55.4 Å². The molecule has 0 aromatic heterocycles. The lowest BCUT2D eigenvalue weighted by atomic mass is 9.83. The number of fused-ring (bicyclic) bond motifs is 1. The van der Waals surface area contributed by atoms with Gasteiger partial charge >= 0.3 is 0 Å². The van der Waals surface area contributed by atoms with Crippen molar-refractivity contribution < 1.29 is 0 Å². The zero-order chi connectivity index (χ0) is 30.6. The molecule has 0 N–H and O–H groups in total. The summed E-state index contributed by atoms with van der Waals surface area (Å²) in [5.41, 5.74) is 11.3. The monoisotopic (exact) mass is 553 g/mol. The van der Waals surface area contributed by atoms with Gasteiger partial charge in [0.15, 0.2) is 0 Å². The van der Waals surface area contributed by atoms with Gasteiger partial charge in [0.25, 0.3) is 0 Å². The molecule has 0 fully saturated rings. The number of aryl methyl sites for hydroxylation is 2. The van der Waals surface area contributed by atoms with Crippen molar-refractivity contribution in [3.63, 3.8) is 0 Å². The molecule has 4 rings (SSSR count). The topological polar surface area (TPSA) is 3.24 Å². The van der Waals surface area contributed by atoms with Gasteiger partial charge in [-0.05, 0) is 96.3 Å². The Hall–Kier alpha value is -4.36. The van der Waals surface area contributed by atoms with Crippen molar-refractivity contribution in [1.29, 1.82) is 0 Å². The molecule has 0 heterocycles. The number of hydrogen-bond acceptors (Lipinski definition) is 1. The van der Waals surface area contributed by atoms with Crippen molar-refractivity contribution in [2.24, 2.45) is 0 Å². The Balaban J connectivity index is 0.000000363. The van der Waals surface area contributed by atoms with Gasteiger partial charge in [-0.15, -0.1) is 0 Å². The minimum atomic E-state index is 0.414. The molecule has 4 aromatic carbocycles. The van der Waals surface area contributed by atoms with Crippen LogP contribution in [-0.4, -0.2) is 7.05 Å². The number of hydrogen-bond donors (Lipinski definition) is 0. The number of rotatable bonds is 9. The molecule has 0 aliphatic heterocycles. The lowest BCUT2D eigenvalue weighted by molar-refractivity contribution is 0.733. The summed E-state index contributed by atoms with van der Waals surface area (Å²) in [6, 6.07) is 26.0. The van der Waals surface area contributed by atoms with E-state index in [9.17, 15) is 0 Å². The smallest absolute Gasteiger partial charge is 0.0449 e. The third kappa shape index (κ3) is 7.47. The summed E-state index contributed by atoms with van der Waals surface area (Å²) in [6.07, 6.45) is 15.4. The molecule has 1 nitrogen and oxygen atoms in total. The lowest BCUT2D eigenvalue weighted by Crippen LogP contribution is -2.18. The van der Waals surface area contributed by atoms with Gasteiger partial charge in [0, 0.05) is 18.4 Å². The first kappa shape index (κ1) is 32.2. The predicted octanol–water partition coefficient (Wildman–Crippen LogP) is 12.1. The maximum atomic E-state index is 4.16. The van der Waals surface area contributed by atoms with Crippen molar-refractivity contribution >= 4 is 28.6 Å². The predicted molar refractivity (Wildman–Crippen MR) is 190 cm³/mol. The quantitative estimate of drug-likeness (QED) is 0.186. The Kier molecular flexibility index (Phi) is 11.9. The highest BCUT2D eigenvalue weighted by atomic mass is 15.1. The highest BCUT2D eigenvalue weighted by Crippen LogP contribution is 2.42. The standard InChI is InChI=1S/C30H37N.C11H10/c1-9-14-17-25(12-4)31(8)28-19-15-18-27(30(28)22(6)11-3)29-23(7)20-21-24(16-10-2)26(29)13-5;1-9-6-7-10-4-2-3-5-11(10)8-9/h9-10,12-22H,1,5,11H2,2-4,6-8H3;2-8H,1H3/b16-10-,17-14-,25-12+;. The molecule has 0 radical (unpaired) electrons. The molecule has 0 aliphatic carbocycles. The second-order valence-electron chi connectivity index (χ2n) is 10.7. The van der Waals surface area contributed by atoms with E-state index >= 15 is 0 Å². The van der Waals surface area contributed by atoms with Crippen molar-refractivity contribution in [3.8, 4) is 11.1 Å². The molecule has 0 amide bonds. The molecule has 1 unspecified atom stereocenters. The molecule has 216 valence electrons. The van der Waals surface area contributed by atoms with Gasteiger partial charge in [-0.25, -0.2) is 0 Å². The SMILES string of the molecule is C=C/C=C\C(=C/C)N(C)c1cccc(-c2c(C)ccc(/C=C\C)c2C=C)c1C(C)CC.Cc1ccc2ccccc2c1. The molecule has 0 aliphatic rings. The number of allylic oxidation sites excluding steroid dienone is 5. The largest absolute Gasteiger partial charge is 0.345 e. The van der Waals surface area contributed by atoms with E-state index in [2.05, 4.69) is 164 Å². The van der Waals surface area contributed by atoms with Crippen molar-refractivity contribution in [2.45, 2.75) is 53.9 Å². The van der Waals surface area contributed by atoms with Gasteiger partial charge in [0.2, 0.25) is 0 Å². The summed E-state index contributed by atoms with van der Waals surface area (Å²) in [6.45, 7) is 21.0. The van der Waals surface area contributed by atoms with E-state index in [4.69, 9.17) is 0 Å². The first-order valence-electron chi connectivity index (χ1n) is 15.0. The van der Waals surface area contributed by atoms with Gasteiger partial charge in [0.05, 0.1) is 0 Å².